The Morgan fingerprint density at radius 1 is 1.00 bits per heavy atom. The third kappa shape index (κ3) is 4.04. The lowest BCUT2D eigenvalue weighted by molar-refractivity contribution is -0.129. The zero-order chi connectivity index (χ0) is 22.3. The van der Waals surface area contributed by atoms with Gasteiger partial charge >= 0.3 is 0 Å². The summed E-state index contributed by atoms with van der Waals surface area (Å²) in [6.45, 7) is 4.10. The molecule has 2 amide bonds. The number of amides is 2. The van der Waals surface area contributed by atoms with Gasteiger partial charge in [-0.05, 0) is 100.0 Å². The van der Waals surface area contributed by atoms with Gasteiger partial charge in [0.1, 0.15) is 5.82 Å². The number of hydrogen-bond donors (Lipinski definition) is 1. The molecule has 1 saturated carbocycles. The molecule has 5 rings (SSSR count). The third-order valence-electron chi connectivity index (χ3n) is 7.56. The van der Waals surface area contributed by atoms with Crippen LogP contribution in [0, 0.1) is 11.2 Å². The molecule has 0 radical (unpaired) electrons. The van der Waals surface area contributed by atoms with Crippen LogP contribution in [0.15, 0.2) is 48.5 Å². The van der Waals surface area contributed by atoms with Crippen LogP contribution in [0.4, 0.5) is 15.8 Å². The maximum Gasteiger partial charge on any atom is 0.241 e. The summed E-state index contributed by atoms with van der Waals surface area (Å²) in [5.74, 6) is 0.519. The molecule has 6 heteroatoms. The highest BCUT2D eigenvalue weighted by atomic mass is 19.1. The first-order valence-corrected chi connectivity index (χ1v) is 11.7. The van der Waals surface area contributed by atoms with E-state index in [4.69, 9.17) is 0 Å². The van der Waals surface area contributed by atoms with Crippen molar-refractivity contribution >= 4 is 23.2 Å². The summed E-state index contributed by atoms with van der Waals surface area (Å²) in [6, 6.07) is 14.0. The van der Waals surface area contributed by atoms with Gasteiger partial charge in [0.15, 0.2) is 0 Å². The SMILES string of the molecule is CC(C(=O)Nc1ccc(F)cc1)N1CCC2(CCN(c3ccc(C4CC4)cc3)C2=O)CC1. The first-order chi connectivity index (χ1) is 15.4. The molecule has 2 heterocycles. The van der Waals surface area contributed by atoms with Gasteiger partial charge in [0.05, 0.1) is 11.5 Å². The average Bonchev–Trinajstić information content (AvgIpc) is 3.62. The molecule has 3 fully saturated rings. The van der Waals surface area contributed by atoms with E-state index in [0.29, 0.717) is 5.69 Å². The minimum atomic E-state index is -0.327. The molecule has 1 unspecified atom stereocenters. The number of hydrogen-bond acceptors (Lipinski definition) is 3. The second-order valence-electron chi connectivity index (χ2n) is 9.56. The van der Waals surface area contributed by atoms with E-state index in [1.54, 1.807) is 12.1 Å². The van der Waals surface area contributed by atoms with Gasteiger partial charge in [-0.15, -0.1) is 0 Å². The molecule has 3 aliphatic rings. The van der Waals surface area contributed by atoms with Crippen molar-refractivity contribution in [3.8, 4) is 0 Å². The van der Waals surface area contributed by atoms with E-state index in [9.17, 15) is 14.0 Å². The predicted molar refractivity (Wildman–Crippen MR) is 123 cm³/mol. The van der Waals surface area contributed by atoms with Crippen LogP contribution in [0.1, 0.15) is 50.5 Å². The van der Waals surface area contributed by atoms with Gasteiger partial charge in [0.2, 0.25) is 11.8 Å². The highest BCUT2D eigenvalue weighted by molar-refractivity contribution is 6.00. The molecule has 5 nitrogen and oxygen atoms in total. The molecule has 2 aromatic rings. The summed E-state index contributed by atoms with van der Waals surface area (Å²) >= 11 is 0. The Kier molecular flexibility index (Phi) is 5.49. The zero-order valence-electron chi connectivity index (χ0n) is 18.5. The Hall–Kier alpha value is -2.73. The number of halogens is 1. The predicted octanol–water partition coefficient (Wildman–Crippen LogP) is 4.55. The fourth-order valence-corrected chi connectivity index (χ4v) is 5.16. The molecule has 2 aliphatic heterocycles. The van der Waals surface area contributed by atoms with E-state index in [0.717, 1.165) is 50.5 Å². The van der Waals surface area contributed by atoms with Crippen LogP contribution in [0.25, 0.3) is 0 Å². The zero-order valence-corrected chi connectivity index (χ0v) is 18.5. The number of nitrogens with one attached hydrogen (secondary N) is 1. The molecule has 2 aromatic carbocycles. The summed E-state index contributed by atoms with van der Waals surface area (Å²) in [6.07, 6.45) is 4.98. The van der Waals surface area contributed by atoms with Crippen molar-refractivity contribution in [3.05, 3.63) is 59.9 Å². The van der Waals surface area contributed by atoms with E-state index in [1.807, 2.05) is 11.8 Å². The normalized spacial score (nSPS) is 21.7. The van der Waals surface area contributed by atoms with Crippen LogP contribution in [0.2, 0.25) is 0 Å². The number of rotatable bonds is 5. The molecule has 1 N–H and O–H groups in total. The lowest BCUT2D eigenvalue weighted by Gasteiger charge is -2.40. The van der Waals surface area contributed by atoms with Gasteiger partial charge in [-0.25, -0.2) is 4.39 Å². The molecular weight excluding hydrogens is 405 g/mol. The maximum absolute atomic E-state index is 13.4. The largest absolute Gasteiger partial charge is 0.325 e. The van der Waals surface area contributed by atoms with Crippen molar-refractivity contribution in [3.63, 3.8) is 0 Å². The highest BCUT2D eigenvalue weighted by Gasteiger charge is 2.49. The Morgan fingerprint density at radius 3 is 2.25 bits per heavy atom. The second kappa shape index (κ2) is 8.32. The van der Waals surface area contributed by atoms with Crippen molar-refractivity contribution < 1.29 is 14.0 Å². The fraction of sp³-hybridized carbons (Fsp3) is 0.462. The van der Waals surface area contributed by atoms with Gasteiger partial charge in [-0.1, -0.05) is 12.1 Å². The molecular formula is C26H30FN3O2. The van der Waals surface area contributed by atoms with Crippen LogP contribution >= 0.6 is 0 Å². The molecule has 0 aromatic heterocycles. The minimum absolute atomic E-state index is 0.109. The Balaban J connectivity index is 1.18. The number of carbonyl (C=O) groups is 2. The summed E-state index contributed by atoms with van der Waals surface area (Å²) < 4.78 is 13.1. The number of nitrogens with zero attached hydrogens (tertiary/aromatic N) is 2. The molecule has 32 heavy (non-hydrogen) atoms. The number of piperidine rings is 1. The molecule has 1 spiro atoms. The van der Waals surface area contributed by atoms with E-state index in [1.165, 1.54) is 30.5 Å². The lowest BCUT2D eigenvalue weighted by Crippen LogP contribution is -2.50. The van der Waals surface area contributed by atoms with Gasteiger partial charge in [-0.3, -0.25) is 14.5 Å². The number of carbonyl (C=O) groups excluding carboxylic acids is 2. The van der Waals surface area contributed by atoms with Crippen LogP contribution in [-0.4, -0.2) is 42.4 Å². The highest BCUT2D eigenvalue weighted by Crippen LogP contribution is 2.44. The van der Waals surface area contributed by atoms with Gasteiger partial charge in [0, 0.05) is 17.9 Å². The summed E-state index contributed by atoms with van der Waals surface area (Å²) in [5.41, 5.74) is 2.67. The van der Waals surface area contributed by atoms with Crippen LogP contribution < -0.4 is 10.2 Å². The fourth-order valence-electron chi connectivity index (χ4n) is 5.16. The van der Waals surface area contributed by atoms with Crippen molar-refractivity contribution in [2.24, 2.45) is 5.41 Å². The smallest absolute Gasteiger partial charge is 0.241 e. The maximum atomic E-state index is 13.4. The van der Waals surface area contributed by atoms with Crippen molar-refractivity contribution in [2.45, 2.75) is 51.0 Å². The standard InChI is InChI=1S/C26H30FN3O2/c1-18(24(31)28-22-8-6-21(27)7-9-22)29-15-12-26(13-16-29)14-17-30(25(26)32)23-10-4-20(5-11-23)19-2-3-19/h4-11,18-19H,2-3,12-17H2,1H3,(H,28,31). The van der Waals surface area contributed by atoms with E-state index in [2.05, 4.69) is 34.5 Å². The lowest BCUT2D eigenvalue weighted by atomic mass is 9.76. The monoisotopic (exact) mass is 435 g/mol. The molecule has 1 aliphatic carbocycles. The molecule has 168 valence electrons. The minimum Gasteiger partial charge on any atom is -0.325 e. The molecule has 2 saturated heterocycles. The van der Waals surface area contributed by atoms with Crippen LogP contribution in [0.3, 0.4) is 0 Å². The van der Waals surface area contributed by atoms with Gasteiger partial charge in [-0.2, -0.15) is 0 Å². The average molecular weight is 436 g/mol. The Morgan fingerprint density at radius 2 is 1.62 bits per heavy atom. The topological polar surface area (TPSA) is 52.7 Å². The van der Waals surface area contributed by atoms with Crippen LogP contribution in [0.5, 0.6) is 0 Å². The first-order valence-electron chi connectivity index (χ1n) is 11.7. The Labute approximate surface area is 188 Å². The second-order valence-corrected chi connectivity index (χ2v) is 9.56. The quantitative estimate of drug-likeness (QED) is 0.750. The first kappa shape index (κ1) is 21.1. The summed E-state index contributed by atoms with van der Waals surface area (Å²) in [7, 11) is 0. The van der Waals surface area contributed by atoms with E-state index < -0.39 is 0 Å². The van der Waals surface area contributed by atoms with E-state index >= 15 is 0 Å². The summed E-state index contributed by atoms with van der Waals surface area (Å²) in [4.78, 5) is 30.2. The number of likely N-dealkylation sites (tertiary alicyclic amines) is 1. The number of anilines is 2. The molecule has 0 bridgehead atoms. The van der Waals surface area contributed by atoms with Crippen molar-refractivity contribution in [1.29, 1.82) is 0 Å². The van der Waals surface area contributed by atoms with Crippen molar-refractivity contribution in [2.75, 3.05) is 29.9 Å². The summed E-state index contributed by atoms with van der Waals surface area (Å²) in [5, 5.41) is 2.86. The van der Waals surface area contributed by atoms with Crippen LogP contribution in [-0.2, 0) is 9.59 Å². The van der Waals surface area contributed by atoms with Gasteiger partial charge in [0.25, 0.3) is 0 Å². The molecule has 1 atom stereocenters. The Bertz CT molecular complexity index is 993. The number of benzene rings is 2. The van der Waals surface area contributed by atoms with E-state index in [-0.39, 0.29) is 29.1 Å². The third-order valence-corrected chi connectivity index (χ3v) is 7.56. The van der Waals surface area contributed by atoms with Gasteiger partial charge < -0.3 is 10.2 Å². The van der Waals surface area contributed by atoms with Crippen molar-refractivity contribution in [1.82, 2.24) is 4.90 Å².